The van der Waals surface area contributed by atoms with Crippen molar-refractivity contribution in [2.75, 3.05) is 45.2 Å². The molecule has 1 aromatic carbocycles. The zero-order chi connectivity index (χ0) is 19.3. The lowest BCUT2D eigenvalue weighted by Gasteiger charge is -2.34. The summed E-state index contributed by atoms with van der Waals surface area (Å²) in [6.45, 7) is 5.67. The number of carbonyl (C=O) groups excluding carboxylic acids is 1. The summed E-state index contributed by atoms with van der Waals surface area (Å²) < 4.78 is 7.28. The van der Waals surface area contributed by atoms with Crippen LogP contribution < -0.4 is 15.4 Å². The maximum absolute atomic E-state index is 12.7. The second-order valence-corrected chi connectivity index (χ2v) is 7.71. The van der Waals surface area contributed by atoms with Gasteiger partial charge in [-0.15, -0.1) is 0 Å². The number of aromatic nitrogens is 2. The van der Waals surface area contributed by atoms with E-state index in [1.54, 1.807) is 25.4 Å². The summed E-state index contributed by atoms with van der Waals surface area (Å²) in [6.07, 6.45) is 5.16. The molecule has 0 saturated carbocycles. The number of ether oxygens (including phenoxy) is 1. The molecule has 0 radical (unpaired) electrons. The Balaban J connectivity index is 1.37. The van der Waals surface area contributed by atoms with E-state index in [0.29, 0.717) is 17.4 Å². The molecular formula is C21H29N5O2. The van der Waals surface area contributed by atoms with E-state index in [1.165, 1.54) is 13.0 Å². The number of rotatable bonds is 6. The molecule has 2 N–H and O–H groups in total. The zero-order valence-electron chi connectivity index (χ0n) is 16.4. The van der Waals surface area contributed by atoms with Crippen molar-refractivity contribution < 1.29 is 9.53 Å². The number of carbonyl (C=O) groups is 1. The fourth-order valence-electron chi connectivity index (χ4n) is 4.30. The Labute approximate surface area is 166 Å². The third-order valence-electron chi connectivity index (χ3n) is 5.85. The zero-order valence-corrected chi connectivity index (χ0v) is 16.4. The van der Waals surface area contributed by atoms with Gasteiger partial charge in [-0.05, 0) is 50.4 Å². The molecule has 0 bridgehead atoms. The van der Waals surface area contributed by atoms with Gasteiger partial charge in [-0.2, -0.15) is 5.10 Å². The Morgan fingerprint density at radius 1 is 1.25 bits per heavy atom. The van der Waals surface area contributed by atoms with E-state index in [-0.39, 0.29) is 5.91 Å². The van der Waals surface area contributed by atoms with E-state index in [0.717, 1.165) is 50.8 Å². The molecule has 1 aromatic heterocycles. The number of hydrogen-bond donors (Lipinski definition) is 2. The molecule has 150 valence electrons. The second-order valence-electron chi connectivity index (χ2n) is 7.71. The lowest BCUT2D eigenvalue weighted by Crippen LogP contribution is -2.38. The molecule has 3 heterocycles. The summed E-state index contributed by atoms with van der Waals surface area (Å²) in [5.41, 5.74) is 0.526. The van der Waals surface area contributed by atoms with Gasteiger partial charge in [-0.3, -0.25) is 4.79 Å². The molecule has 1 amide bonds. The first kappa shape index (κ1) is 19.0. The summed E-state index contributed by atoms with van der Waals surface area (Å²) in [5.74, 6) is 1.93. The fraction of sp³-hybridized carbons (Fsp3) is 0.524. The highest BCUT2D eigenvalue weighted by Gasteiger charge is 2.26. The van der Waals surface area contributed by atoms with E-state index < -0.39 is 0 Å². The van der Waals surface area contributed by atoms with Gasteiger partial charge in [0.25, 0.3) is 5.91 Å². The lowest BCUT2D eigenvalue weighted by atomic mass is 10.0. The minimum atomic E-state index is -0.176. The van der Waals surface area contributed by atoms with Gasteiger partial charge in [-0.1, -0.05) is 12.1 Å². The van der Waals surface area contributed by atoms with Crippen LogP contribution in [0.4, 0.5) is 5.82 Å². The van der Waals surface area contributed by atoms with Gasteiger partial charge >= 0.3 is 0 Å². The van der Waals surface area contributed by atoms with Crippen molar-refractivity contribution in [1.29, 1.82) is 0 Å². The number of hydrogen-bond acceptors (Lipinski definition) is 5. The number of benzene rings is 1. The quantitative estimate of drug-likeness (QED) is 0.801. The predicted octanol–water partition coefficient (Wildman–Crippen LogP) is 2.39. The summed E-state index contributed by atoms with van der Waals surface area (Å²) >= 11 is 0. The Bertz CT molecular complexity index is 792. The number of likely N-dealkylation sites (tertiary alicyclic amines) is 1. The predicted molar refractivity (Wildman–Crippen MR) is 109 cm³/mol. The minimum absolute atomic E-state index is 0.176. The van der Waals surface area contributed by atoms with Crippen molar-refractivity contribution in [2.24, 2.45) is 5.92 Å². The van der Waals surface area contributed by atoms with E-state index >= 15 is 0 Å². The average Bonchev–Trinajstić information content (AvgIpc) is 3.41. The van der Waals surface area contributed by atoms with Crippen molar-refractivity contribution in [3.05, 3.63) is 42.1 Å². The van der Waals surface area contributed by atoms with Gasteiger partial charge < -0.3 is 20.3 Å². The van der Waals surface area contributed by atoms with Crippen LogP contribution in [0.15, 0.2) is 36.5 Å². The van der Waals surface area contributed by atoms with Crippen LogP contribution in [-0.4, -0.2) is 60.4 Å². The maximum atomic E-state index is 12.7. The number of anilines is 1. The third kappa shape index (κ3) is 4.20. The molecule has 7 heteroatoms. The van der Waals surface area contributed by atoms with Gasteiger partial charge in [-0.25, -0.2) is 4.68 Å². The molecule has 2 fully saturated rings. The van der Waals surface area contributed by atoms with Gasteiger partial charge in [0.15, 0.2) is 0 Å². The monoisotopic (exact) mass is 383 g/mol. The summed E-state index contributed by atoms with van der Waals surface area (Å²) in [7, 11) is 1.58. The van der Waals surface area contributed by atoms with Crippen molar-refractivity contribution in [1.82, 2.24) is 20.0 Å². The van der Waals surface area contributed by atoms with Crippen LogP contribution >= 0.6 is 0 Å². The molecule has 2 aromatic rings. The standard InChI is InChI=1S/C21H29N5O2/c1-28-19-5-3-2-4-18(19)21(27)24-20-7-11-23-26(20)17-8-12-25(13-9-17)15-16-6-10-22-14-16/h2-5,7,11,16-17,22H,6,8-10,12-15H2,1H3,(H,24,27). The molecule has 0 spiro atoms. The molecular weight excluding hydrogens is 354 g/mol. The smallest absolute Gasteiger partial charge is 0.260 e. The maximum Gasteiger partial charge on any atom is 0.260 e. The van der Waals surface area contributed by atoms with Gasteiger partial charge in [0.1, 0.15) is 11.6 Å². The van der Waals surface area contributed by atoms with E-state index in [4.69, 9.17) is 4.74 Å². The highest BCUT2D eigenvalue weighted by atomic mass is 16.5. The summed E-state index contributed by atoms with van der Waals surface area (Å²) in [6, 6.07) is 9.44. The van der Waals surface area contributed by atoms with Crippen LogP contribution in [0.3, 0.4) is 0 Å². The molecule has 7 nitrogen and oxygen atoms in total. The van der Waals surface area contributed by atoms with Crippen molar-refractivity contribution in [2.45, 2.75) is 25.3 Å². The lowest BCUT2D eigenvalue weighted by molar-refractivity contribution is 0.102. The van der Waals surface area contributed by atoms with Crippen molar-refractivity contribution in [3.8, 4) is 5.75 Å². The molecule has 28 heavy (non-hydrogen) atoms. The Morgan fingerprint density at radius 3 is 2.82 bits per heavy atom. The van der Waals surface area contributed by atoms with Gasteiger partial charge in [0, 0.05) is 25.7 Å². The highest BCUT2D eigenvalue weighted by Crippen LogP contribution is 2.27. The molecule has 1 atom stereocenters. The van der Waals surface area contributed by atoms with Crippen LogP contribution in [0.5, 0.6) is 5.75 Å². The van der Waals surface area contributed by atoms with E-state index in [1.807, 2.05) is 22.9 Å². The fourth-order valence-corrected chi connectivity index (χ4v) is 4.30. The highest BCUT2D eigenvalue weighted by molar-refractivity contribution is 6.05. The van der Waals surface area contributed by atoms with Crippen LogP contribution in [0.25, 0.3) is 0 Å². The topological polar surface area (TPSA) is 71.4 Å². The first-order valence-electron chi connectivity index (χ1n) is 10.2. The largest absolute Gasteiger partial charge is 0.496 e. The first-order valence-corrected chi connectivity index (χ1v) is 10.2. The number of para-hydroxylation sites is 1. The number of nitrogens with zero attached hydrogens (tertiary/aromatic N) is 3. The average molecular weight is 383 g/mol. The Hall–Kier alpha value is -2.38. The Morgan fingerprint density at radius 2 is 2.07 bits per heavy atom. The first-order chi connectivity index (χ1) is 13.7. The normalized spacial score (nSPS) is 21.0. The third-order valence-corrected chi connectivity index (χ3v) is 5.85. The number of amides is 1. The van der Waals surface area contributed by atoms with Crippen LogP contribution in [0.2, 0.25) is 0 Å². The minimum Gasteiger partial charge on any atom is -0.496 e. The van der Waals surface area contributed by atoms with Crippen LogP contribution in [-0.2, 0) is 0 Å². The van der Waals surface area contributed by atoms with Gasteiger partial charge in [0.05, 0.1) is 24.9 Å². The van der Waals surface area contributed by atoms with Crippen LogP contribution in [0, 0.1) is 5.92 Å². The second kappa shape index (κ2) is 8.75. The molecule has 0 aliphatic carbocycles. The van der Waals surface area contributed by atoms with Crippen molar-refractivity contribution in [3.63, 3.8) is 0 Å². The molecule has 1 unspecified atom stereocenters. The molecule has 2 aliphatic rings. The van der Waals surface area contributed by atoms with E-state index in [2.05, 4.69) is 20.6 Å². The number of methoxy groups -OCH3 is 1. The van der Waals surface area contributed by atoms with Crippen LogP contribution in [0.1, 0.15) is 35.7 Å². The Kier molecular flexibility index (Phi) is 5.92. The molecule has 2 saturated heterocycles. The molecule has 4 rings (SSSR count). The summed E-state index contributed by atoms with van der Waals surface area (Å²) in [5, 5.41) is 11.0. The SMILES string of the molecule is COc1ccccc1C(=O)Nc1ccnn1C1CCN(CC2CCNC2)CC1. The van der Waals surface area contributed by atoms with E-state index in [9.17, 15) is 4.79 Å². The number of nitrogens with one attached hydrogen (secondary N) is 2. The molecule has 2 aliphatic heterocycles. The number of piperidine rings is 1. The van der Waals surface area contributed by atoms with Crippen molar-refractivity contribution >= 4 is 11.7 Å². The van der Waals surface area contributed by atoms with Gasteiger partial charge in [0.2, 0.25) is 0 Å². The summed E-state index contributed by atoms with van der Waals surface area (Å²) in [4.78, 5) is 15.3.